The van der Waals surface area contributed by atoms with Crippen molar-refractivity contribution in [1.82, 2.24) is 4.90 Å². The van der Waals surface area contributed by atoms with Crippen LogP contribution >= 0.6 is 0 Å². The molecule has 0 aliphatic rings. The van der Waals surface area contributed by atoms with E-state index >= 15 is 0 Å². The first-order valence-electron chi connectivity index (χ1n) is 21.3. The SMILES string of the molecule is CCCCCCC(CCCC)C(=O)OCCCCOC(=O)CCN(CCC(=O)OCCCCOC(=O)C(CCCC)CCCCCC)C(CC)CO. The molecular formula is C42H79NO9. The van der Waals surface area contributed by atoms with Gasteiger partial charge < -0.3 is 24.1 Å². The summed E-state index contributed by atoms with van der Waals surface area (Å²) in [5, 5.41) is 9.89. The van der Waals surface area contributed by atoms with Gasteiger partial charge in [-0.1, -0.05) is 112 Å². The van der Waals surface area contributed by atoms with Gasteiger partial charge in [-0.25, -0.2) is 0 Å². The lowest BCUT2D eigenvalue weighted by atomic mass is 9.95. The Morgan fingerprint density at radius 3 is 1.19 bits per heavy atom. The number of nitrogens with zero attached hydrogens (tertiary/aromatic N) is 1. The maximum Gasteiger partial charge on any atom is 0.308 e. The molecule has 10 heteroatoms. The highest BCUT2D eigenvalue weighted by Crippen LogP contribution is 2.20. The average Bonchev–Trinajstić information content (AvgIpc) is 3.14. The molecule has 0 rings (SSSR count). The van der Waals surface area contributed by atoms with Gasteiger partial charge in [0.2, 0.25) is 0 Å². The van der Waals surface area contributed by atoms with Crippen LogP contribution < -0.4 is 0 Å². The molecule has 0 heterocycles. The average molecular weight is 742 g/mol. The van der Waals surface area contributed by atoms with Gasteiger partial charge in [-0.05, 0) is 57.8 Å². The van der Waals surface area contributed by atoms with Crippen molar-refractivity contribution in [2.24, 2.45) is 11.8 Å². The Kier molecular flexibility index (Phi) is 34.3. The van der Waals surface area contributed by atoms with E-state index in [0.29, 0.717) is 58.4 Å². The lowest BCUT2D eigenvalue weighted by Crippen LogP contribution is -2.40. The topological polar surface area (TPSA) is 129 Å². The van der Waals surface area contributed by atoms with Crippen LogP contribution in [0.25, 0.3) is 0 Å². The third-order valence-corrected chi connectivity index (χ3v) is 9.79. The fraction of sp³-hybridized carbons (Fsp3) is 0.905. The van der Waals surface area contributed by atoms with Gasteiger partial charge in [-0.2, -0.15) is 0 Å². The molecular weight excluding hydrogens is 662 g/mol. The van der Waals surface area contributed by atoms with Crippen molar-refractivity contribution in [1.29, 1.82) is 0 Å². The Balaban J connectivity index is 4.36. The first-order chi connectivity index (χ1) is 25.3. The summed E-state index contributed by atoms with van der Waals surface area (Å²) in [6.45, 7) is 12.4. The second kappa shape index (κ2) is 35.8. The first-order valence-corrected chi connectivity index (χ1v) is 21.3. The summed E-state index contributed by atoms with van der Waals surface area (Å²) < 4.78 is 21.9. The maximum absolute atomic E-state index is 12.6. The van der Waals surface area contributed by atoms with Gasteiger partial charge in [0.05, 0.1) is 57.7 Å². The Bertz CT molecular complexity index is 816. The number of aliphatic hydroxyl groups excluding tert-OH is 1. The second-order valence-corrected chi connectivity index (χ2v) is 14.3. The zero-order valence-electron chi connectivity index (χ0n) is 34.1. The van der Waals surface area contributed by atoms with Gasteiger partial charge in [0, 0.05) is 19.1 Å². The predicted molar refractivity (Wildman–Crippen MR) is 208 cm³/mol. The fourth-order valence-electron chi connectivity index (χ4n) is 6.25. The molecule has 0 aliphatic heterocycles. The number of aliphatic hydroxyl groups is 1. The minimum absolute atomic E-state index is 0.0219. The van der Waals surface area contributed by atoms with Crippen LogP contribution in [0, 0.1) is 11.8 Å². The number of carbonyl (C=O) groups is 4. The van der Waals surface area contributed by atoms with E-state index in [-0.39, 0.29) is 74.4 Å². The number of carbonyl (C=O) groups excluding carboxylic acids is 4. The second-order valence-electron chi connectivity index (χ2n) is 14.3. The third-order valence-electron chi connectivity index (χ3n) is 9.79. The highest BCUT2D eigenvalue weighted by molar-refractivity contribution is 5.73. The number of ether oxygens (including phenoxy) is 4. The van der Waals surface area contributed by atoms with Crippen molar-refractivity contribution >= 4 is 23.9 Å². The molecule has 306 valence electrons. The van der Waals surface area contributed by atoms with E-state index in [4.69, 9.17) is 18.9 Å². The third kappa shape index (κ3) is 27.4. The molecule has 52 heavy (non-hydrogen) atoms. The molecule has 0 aromatic heterocycles. The van der Waals surface area contributed by atoms with Gasteiger partial charge in [0.1, 0.15) is 0 Å². The van der Waals surface area contributed by atoms with E-state index in [2.05, 4.69) is 27.7 Å². The van der Waals surface area contributed by atoms with E-state index < -0.39 is 0 Å². The fourth-order valence-corrected chi connectivity index (χ4v) is 6.25. The lowest BCUT2D eigenvalue weighted by Gasteiger charge is -2.29. The van der Waals surface area contributed by atoms with Gasteiger partial charge in [0.15, 0.2) is 0 Å². The maximum atomic E-state index is 12.6. The summed E-state index contributed by atoms with van der Waals surface area (Å²) in [5.41, 5.74) is 0. The molecule has 0 aromatic rings. The Hall–Kier alpha value is -2.20. The number of hydrogen-bond acceptors (Lipinski definition) is 10. The summed E-state index contributed by atoms with van der Waals surface area (Å²) in [7, 11) is 0. The van der Waals surface area contributed by atoms with Crippen LogP contribution in [-0.4, -0.2) is 86.0 Å². The Morgan fingerprint density at radius 1 is 0.481 bits per heavy atom. The van der Waals surface area contributed by atoms with Crippen LogP contribution in [0.15, 0.2) is 0 Å². The molecule has 0 saturated carbocycles. The van der Waals surface area contributed by atoms with Crippen LogP contribution in [0.2, 0.25) is 0 Å². The van der Waals surface area contributed by atoms with Gasteiger partial charge >= 0.3 is 23.9 Å². The van der Waals surface area contributed by atoms with E-state index in [1.165, 1.54) is 25.7 Å². The summed E-state index contributed by atoms with van der Waals surface area (Å²) in [6, 6.07) is -0.175. The Labute approximate surface area is 317 Å². The molecule has 0 saturated heterocycles. The van der Waals surface area contributed by atoms with E-state index in [9.17, 15) is 24.3 Å². The van der Waals surface area contributed by atoms with Crippen molar-refractivity contribution in [2.45, 2.75) is 188 Å². The molecule has 1 N–H and O–H groups in total. The van der Waals surface area contributed by atoms with Crippen LogP contribution in [0.1, 0.15) is 182 Å². The zero-order chi connectivity index (χ0) is 38.7. The molecule has 0 bridgehead atoms. The van der Waals surface area contributed by atoms with Crippen molar-refractivity contribution in [3.8, 4) is 0 Å². The van der Waals surface area contributed by atoms with E-state index in [0.717, 1.165) is 77.0 Å². The molecule has 3 unspecified atom stereocenters. The quantitative estimate of drug-likeness (QED) is 0.0374. The normalized spacial score (nSPS) is 13.1. The van der Waals surface area contributed by atoms with Crippen LogP contribution in [0.4, 0.5) is 0 Å². The largest absolute Gasteiger partial charge is 0.466 e. The highest BCUT2D eigenvalue weighted by Gasteiger charge is 2.21. The first kappa shape index (κ1) is 49.8. The minimum atomic E-state index is -0.335. The van der Waals surface area contributed by atoms with Crippen molar-refractivity contribution in [3.05, 3.63) is 0 Å². The van der Waals surface area contributed by atoms with Gasteiger partial charge in [-0.15, -0.1) is 0 Å². The van der Waals surface area contributed by atoms with Crippen molar-refractivity contribution < 1.29 is 43.2 Å². The smallest absolute Gasteiger partial charge is 0.308 e. The predicted octanol–water partition coefficient (Wildman–Crippen LogP) is 9.13. The number of hydrogen-bond donors (Lipinski definition) is 1. The monoisotopic (exact) mass is 742 g/mol. The number of unbranched alkanes of at least 4 members (excludes halogenated alkanes) is 10. The van der Waals surface area contributed by atoms with Gasteiger partial charge in [0.25, 0.3) is 0 Å². The lowest BCUT2D eigenvalue weighted by molar-refractivity contribution is -0.150. The molecule has 3 atom stereocenters. The summed E-state index contributed by atoms with van der Waals surface area (Å²) in [6.07, 6.45) is 20.4. The standard InChI is InChI=1S/C42H79NO9/c1-6-11-15-17-25-36(23-13-8-3)41(47)51-33-21-19-31-49-39(45)27-29-43(38(10-5)35-44)30-28-40(46)50-32-20-22-34-52-42(48)37(24-14-9-4)26-18-16-12-7-2/h36-38,44H,6-35H2,1-5H3. The minimum Gasteiger partial charge on any atom is -0.466 e. The van der Waals surface area contributed by atoms with Crippen LogP contribution in [-0.2, 0) is 38.1 Å². The van der Waals surface area contributed by atoms with E-state index in [1.54, 1.807) is 0 Å². The summed E-state index contributed by atoms with van der Waals surface area (Å²) >= 11 is 0. The van der Waals surface area contributed by atoms with Gasteiger partial charge in [-0.3, -0.25) is 24.1 Å². The van der Waals surface area contributed by atoms with Crippen molar-refractivity contribution in [2.75, 3.05) is 46.1 Å². The molecule has 10 nitrogen and oxygen atoms in total. The van der Waals surface area contributed by atoms with Crippen LogP contribution in [0.3, 0.4) is 0 Å². The molecule has 0 aromatic carbocycles. The van der Waals surface area contributed by atoms with Crippen molar-refractivity contribution in [3.63, 3.8) is 0 Å². The van der Waals surface area contributed by atoms with Crippen LogP contribution in [0.5, 0.6) is 0 Å². The Morgan fingerprint density at radius 2 is 0.846 bits per heavy atom. The molecule has 0 radical (unpaired) electrons. The molecule has 0 fully saturated rings. The number of esters is 4. The molecule has 0 aliphatic carbocycles. The summed E-state index contributed by atoms with van der Waals surface area (Å²) in [4.78, 5) is 52.1. The molecule has 0 amide bonds. The zero-order valence-corrected chi connectivity index (χ0v) is 34.1. The van der Waals surface area contributed by atoms with E-state index in [1.807, 2.05) is 11.8 Å². The highest BCUT2D eigenvalue weighted by atomic mass is 16.5. The molecule has 0 spiro atoms. The summed E-state index contributed by atoms with van der Waals surface area (Å²) in [5.74, 6) is -0.914. The number of rotatable bonds is 37.